The number of ether oxygens (including phenoxy) is 1. The predicted molar refractivity (Wildman–Crippen MR) is 63.8 cm³/mol. The van der Waals surface area contributed by atoms with Crippen LogP contribution in [0.2, 0.25) is 0 Å². The van der Waals surface area contributed by atoms with Gasteiger partial charge in [0, 0.05) is 5.56 Å². The van der Waals surface area contributed by atoms with E-state index in [2.05, 4.69) is 0 Å². The lowest BCUT2D eigenvalue weighted by atomic mass is 10.2. The van der Waals surface area contributed by atoms with Gasteiger partial charge in [-0.15, -0.1) is 0 Å². The Kier molecular flexibility index (Phi) is 3.54. The van der Waals surface area contributed by atoms with Crippen molar-refractivity contribution in [3.63, 3.8) is 0 Å². The van der Waals surface area contributed by atoms with Crippen LogP contribution >= 0.6 is 0 Å². The maximum atomic E-state index is 9.78. The molecule has 0 aliphatic heterocycles. The van der Waals surface area contributed by atoms with Crippen molar-refractivity contribution in [2.24, 2.45) is 0 Å². The summed E-state index contributed by atoms with van der Waals surface area (Å²) in [7, 11) is 0. The Balaban J connectivity index is 2.03. The van der Waals surface area contributed by atoms with Crippen LogP contribution in [0.5, 0.6) is 0 Å². The van der Waals surface area contributed by atoms with Crippen molar-refractivity contribution in [2.75, 3.05) is 0 Å². The van der Waals surface area contributed by atoms with E-state index < -0.39 is 5.97 Å². The highest BCUT2D eigenvalue weighted by atomic mass is 16.8. The van der Waals surface area contributed by atoms with Crippen LogP contribution in [0.1, 0.15) is 11.1 Å². The van der Waals surface area contributed by atoms with Gasteiger partial charge in [-0.2, -0.15) is 0 Å². The highest BCUT2D eigenvalue weighted by Crippen LogP contribution is 2.20. The number of hydrogen-bond donors (Lipinski definition) is 2. The molecule has 2 aromatic carbocycles. The SMILES string of the molecule is OC(O)(OCc1ccccc1)c1ccccc1. The Labute approximate surface area is 99.9 Å². The highest BCUT2D eigenvalue weighted by molar-refractivity contribution is 5.18. The third kappa shape index (κ3) is 3.14. The third-order valence-corrected chi connectivity index (χ3v) is 2.43. The van der Waals surface area contributed by atoms with Crippen molar-refractivity contribution in [3.05, 3.63) is 71.8 Å². The molecule has 2 N–H and O–H groups in total. The Morgan fingerprint density at radius 1 is 0.824 bits per heavy atom. The fourth-order valence-electron chi connectivity index (χ4n) is 1.50. The van der Waals surface area contributed by atoms with E-state index in [0.29, 0.717) is 5.56 Å². The van der Waals surface area contributed by atoms with E-state index in [1.807, 2.05) is 30.3 Å². The molecular formula is C14H14O3. The van der Waals surface area contributed by atoms with Crippen LogP contribution in [-0.4, -0.2) is 10.2 Å². The summed E-state index contributed by atoms with van der Waals surface area (Å²) >= 11 is 0. The summed E-state index contributed by atoms with van der Waals surface area (Å²) < 4.78 is 5.11. The van der Waals surface area contributed by atoms with Gasteiger partial charge in [0.1, 0.15) is 0 Å². The van der Waals surface area contributed by atoms with Gasteiger partial charge in [-0.1, -0.05) is 60.7 Å². The van der Waals surface area contributed by atoms with Crippen LogP contribution in [-0.2, 0) is 17.3 Å². The molecule has 0 unspecified atom stereocenters. The molecule has 0 heterocycles. The molecule has 2 rings (SSSR count). The Bertz CT molecular complexity index is 451. The van der Waals surface area contributed by atoms with Gasteiger partial charge in [-0.25, -0.2) is 0 Å². The second kappa shape index (κ2) is 5.10. The number of hydrogen-bond acceptors (Lipinski definition) is 3. The standard InChI is InChI=1S/C14H14O3/c15-14(16,13-9-5-2-6-10-13)17-11-12-7-3-1-4-8-12/h1-10,15-16H,11H2. The van der Waals surface area contributed by atoms with Crippen molar-refractivity contribution >= 4 is 0 Å². The maximum Gasteiger partial charge on any atom is 0.307 e. The van der Waals surface area contributed by atoms with E-state index in [9.17, 15) is 10.2 Å². The van der Waals surface area contributed by atoms with E-state index in [0.717, 1.165) is 5.56 Å². The van der Waals surface area contributed by atoms with Gasteiger partial charge >= 0.3 is 5.97 Å². The zero-order valence-corrected chi connectivity index (χ0v) is 9.28. The van der Waals surface area contributed by atoms with Crippen molar-refractivity contribution in [3.8, 4) is 0 Å². The number of benzene rings is 2. The highest BCUT2D eigenvalue weighted by Gasteiger charge is 2.26. The lowest BCUT2D eigenvalue weighted by molar-refractivity contribution is -0.355. The lowest BCUT2D eigenvalue weighted by Crippen LogP contribution is -2.28. The summed E-state index contributed by atoms with van der Waals surface area (Å²) in [5.41, 5.74) is 1.20. The molecule has 0 aliphatic rings. The third-order valence-electron chi connectivity index (χ3n) is 2.43. The molecule has 0 amide bonds. The molecule has 0 aliphatic carbocycles. The van der Waals surface area contributed by atoms with Crippen molar-refractivity contribution in [2.45, 2.75) is 12.6 Å². The van der Waals surface area contributed by atoms with Gasteiger partial charge in [0.05, 0.1) is 6.61 Å². The minimum atomic E-state index is -2.25. The van der Waals surface area contributed by atoms with Crippen molar-refractivity contribution in [1.82, 2.24) is 0 Å². The smallest absolute Gasteiger partial charge is 0.307 e. The molecule has 0 fully saturated rings. The van der Waals surface area contributed by atoms with Gasteiger partial charge in [0.25, 0.3) is 0 Å². The second-order valence-corrected chi connectivity index (χ2v) is 3.75. The number of rotatable bonds is 4. The Morgan fingerprint density at radius 3 is 1.94 bits per heavy atom. The molecule has 3 heteroatoms. The van der Waals surface area contributed by atoms with Gasteiger partial charge in [0.15, 0.2) is 0 Å². The molecule has 0 spiro atoms. The first kappa shape index (κ1) is 11.8. The van der Waals surface area contributed by atoms with Gasteiger partial charge in [-0.3, -0.25) is 0 Å². The van der Waals surface area contributed by atoms with Gasteiger partial charge in [0.2, 0.25) is 0 Å². The second-order valence-electron chi connectivity index (χ2n) is 3.75. The van der Waals surface area contributed by atoms with E-state index in [1.54, 1.807) is 30.3 Å². The summed E-state index contributed by atoms with van der Waals surface area (Å²) in [6.45, 7) is 0.142. The average Bonchev–Trinajstić information content (AvgIpc) is 2.39. The van der Waals surface area contributed by atoms with Crippen LogP contribution < -0.4 is 0 Å². The summed E-state index contributed by atoms with van der Waals surface area (Å²) in [5, 5.41) is 19.6. The average molecular weight is 230 g/mol. The fourth-order valence-corrected chi connectivity index (χ4v) is 1.50. The van der Waals surface area contributed by atoms with Gasteiger partial charge < -0.3 is 14.9 Å². The molecule has 0 aromatic heterocycles. The Hall–Kier alpha value is -1.68. The van der Waals surface area contributed by atoms with Crippen LogP contribution in [0.15, 0.2) is 60.7 Å². The molecule has 0 saturated heterocycles. The molecule has 0 atom stereocenters. The molecular weight excluding hydrogens is 216 g/mol. The molecule has 0 radical (unpaired) electrons. The normalized spacial score (nSPS) is 11.4. The van der Waals surface area contributed by atoms with E-state index in [4.69, 9.17) is 4.74 Å². The molecule has 88 valence electrons. The molecule has 17 heavy (non-hydrogen) atoms. The molecule has 0 bridgehead atoms. The molecule has 2 aromatic rings. The summed E-state index contributed by atoms with van der Waals surface area (Å²) in [6, 6.07) is 17.8. The number of aliphatic hydroxyl groups is 2. The minimum absolute atomic E-state index is 0.142. The van der Waals surface area contributed by atoms with Crippen LogP contribution in [0.25, 0.3) is 0 Å². The zero-order valence-electron chi connectivity index (χ0n) is 9.28. The first-order valence-electron chi connectivity index (χ1n) is 5.36. The largest absolute Gasteiger partial charge is 0.340 e. The molecule has 0 saturated carbocycles. The zero-order chi connectivity index (χ0) is 12.1. The minimum Gasteiger partial charge on any atom is -0.340 e. The summed E-state index contributed by atoms with van der Waals surface area (Å²) in [5.74, 6) is -2.25. The molecule has 3 nitrogen and oxygen atoms in total. The van der Waals surface area contributed by atoms with E-state index in [1.165, 1.54) is 0 Å². The van der Waals surface area contributed by atoms with E-state index in [-0.39, 0.29) is 6.61 Å². The monoisotopic (exact) mass is 230 g/mol. The Morgan fingerprint density at radius 2 is 1.35 bits per heavy atom. The summed E-state index contributed by atoms with van der Waals surface area (Å²) in [4.78, 5) is 0. The van der Waals surface area contributed by atoms with E-state index >= 15 is 0 Å². The first-order chi connectivity index (χ1) is 8.18. The van der Waals surface area contributed by atoms with Crippen LogP contribution in [0.4, 0.5) is 0 Å². The maximum absolute atomic E-state index is 9.78. The lowest BCUT2D eigenvalue weighted by Gasteiger charge is -2.22. The van der Waals surface area contributed by atoms with Crippen LogP contribution in [0.3, 0.4) is 0 Å². The van der Waals surface area contributed by atoms with Crippen LogP contribution in [0, 0.1) is 0 Å². The quantitative estimate of drug-likeness (QED) is 0.790. The van der Waals surface area contributed by atoms with Gasteiger partial charge in [-0.05, 0) is 5.56 Å². The fraction of sp³-hybridized carbons (Fsp3) is 0.143. The first-order valence-corrected chi connectivity index (χ1v) is 5.36. The summed E-state index contributed by atoms with van der Waals surface area (Å²) in [6.07, 6.45) is 0. The van der Waals surface area contributed by atoms with Crippen molar-refractivity contribution < 1.29 is 14.9 Å². The van der Waals surface area contributed by atoms with Crippen molar-refractivity contribution in [1.29, 1.82) is 0 Å². The topological polar surface area (TPSA) is 49.7 Å². The predicted octanol–water partition coefficient (Wildman–Crippen LogP) is 2.00.